The second-order valence-electron chi connectivity index (χ2n) is 6.03. The molecule has 19 heavy (non-hydrogen) atoms. The fourth-order valence-electron chi connectivity index (χ4n) is 3.55. The summed E-state index contributed by atoms with van der Waals surface area (Å²) in [5, 5.41) is 13.8. The number of rotatable bonds is 4. The van der Waals surface area contributed by atoms with E-state index in [1.54, 1.807) is 0 Å². The summed E-state index contributed by atoms with van der Waals surface area (Å²) >= 11 is 0. The molecule has 0 amide bonds. The van der Waals surface area contributed by atoms with Gasteiger partial charge in [-0.15, -0.1) is 0 Å². The Labute approximate surface area is 113 Å². The molecule has 0 spiro atoms. The highest BCUT2D eigenvalue weighted by Crippen LogP contribution is 2.42. The Balaban J connectivity index is 1.72. The molecular formula is C14H21N3O2. The van der Waals surface area contributed by atoms with E-state index in [4.69, 9.17) is 0 Å². The van der Waals surface area contributed by atoms with Crippen LogP contribution in [-0.4, -0.2) is 37.8 Å². The summed E-state index contributed by atoms with van der Waals surface area (Å²) in [4.78, 5) is 13.6. The fourth-order valence-corrected chi connectivity index (χ4v) is 3.55. The minimum Gasteiger partial charge on any atom is -0.481 e. The lowest BCUT2D eigenvalue weighted by molar-refractivity contribution is -0.142. The van der Waals surface area contributed by atoms with Gasteiger partial charge in [-0.05, 0) is 39.2 Å². The second kappa shape index (κ2) is 4.63. The predicted molar refractivity (Wildman–Crippen MR) is 70.7 cm³/mol. The van der Waals surface area contributed by atoms with Crippen molar-refractivity contribution in [3.8, 4) is 0 Å². The number of hydrogen-bond donors (Lipinski definition) is 1. The van der Waals surface area contributed by atoms with Crippen LogP contribution in [0.2, 0.25) is 0 Å². The van der Waals surface area contributed by atoms with Gasteiger partial charge in [0, 0.05) is 30.9 Å². The molecule has 0 saturated carbocycles. The normalized spacial score (nSPS) is 30.4. The predicted octanol–water partition coefficient (Wildman–Crippen LogP) is 1.90. The molecule has 3 heterocycles. The van der Waals surface area contributed by atoms with Crippen LogP contribution >= 0.6 is 0 Å². The minimum atomic E-state index is -0.634. The highest BCUT2D eigenvalue weighted by atomic mass is 16.4. The van der Waals surface area contributed by atoms with Gasteiger partial charge in [-0.1, -0.05) is 0 Å². The molecule has 2 aliphatic heterocycles. The lowest BCUT2D eigenvalue weighted by Gasteiger charge is -2.21. The molecule has 5 nitrogen and oxygen atoms in total. The number of aliphatic carboxylic acids is 1. The van der Waals surface area contributed by atoms with E-state index in [-0.39, 0.29) is 12.0 Å². The maximum atomic E-state index is 11.2. The topological polar surface area (TPSA) is 58.4 Å². The van der Waals surface area contributed by atoms with Gasteiger partial charge in [0.05, 0.1) is 11.6 Å². The Morgan fingerprint density at radius 1 is 1.53 bits per heavy atom. The van der Waals surface area contributed by atoms with Crippen molar-refractivity contribution in [1.29, 1.82) is 0 Å². The number of carboxylic acid groups (broad SMARTS) is 1. The molecule has 104 valence electrons. The molecule has 1 aromatic heterocycles. The van der Waals surface area contributed by atoms with Crippen LogP contribution in [0.3, 0.4) is 0 Å². The van der Waals surface area contributed by atoms with Crippen molar-refractivity contribution < 1.29 is 9.90 Å². The molecule has 1 aromatic rings. The quantitative estimate of drug-likeness (QED) is 0.901. The van der Waals surface area contributed by atoms with E-state index in [0.717, 1.165) is 31.5 Å². The summed E-state index contributed by atoms with van der Waals surface area (Å²) in [5.41, 5.74) is 1.05. The van der Waals surface area contributed by atoms with Gasteiger partial charge in [0.25, 0.3) is 0 Å². The number of fused-ring (bicyclic) bond motifs is 2. The van der Waals surface area contributed by atoms with Crippen molar-refractivity contribution in [3.63, 3.8) is 0 Å². The van der Waals surface area contributed by atoms with Crippen LogP contribution in [-0.2, 0) is 11.3 Å². The molecule has 2 saturated heterocycles. The summed E-state index contributed by atoms with van der Waals surface area (Å²) in [7, 11) is 0. The number of nitrogens with zero attached hydrogens (tertiary/aromatic N) is 3. The Bertz CT molecular complexity index is 483. The van der Waals surface area contributed by atoms with E-state index < -0.39 is 5.97 Å². The van der Waals surface area contributed by atoms with Crippen molar-refractivity contribution >= 4 is 5.97 Å². The van der Waals surface area contributed by atoms with E-state index in [9.17, 15) is 9.90 Å². The van der Waals surface area contributed by atoms with Gasteiger partial charge in [-0.2, -0.15) is 5.10 Å². The van der Waals surface area contributed by atoms with Crippen molar-refractivity contribution in [2.45, 2.75) is 57.8 Å². The van der Waals surface area contributed by atoms with Crippen molar-refractivity contribution in [1.82, 2.24) is 14.7 Å². The third kappa shape index (κ3) is 2.16. The maximum absolute atomic E-state index is 11.2. The first kappa shape index (κ1) is 12.7. The maximum Gasteiger partial charge on any atom is 0.308 e. The molecule has 3 rings (SSSR count). The largest absolute Gasteiger partial charge is 0.481 e. The summed E-state index contributed by atoms with van der Waals surface area (Å²) in [5.74, 6) is -0.809. The van der Waals surface area contributed by atoms with Gasteiger partial charge in [0.1, 0.15) is 0 Å². The Hall–Kier alpha value is -1.36. The number of carboxylic acids is 1. The first-order chi connectivity index (χ1) is 9.06. The molecule has 3 atom stereocenters. The molecule has 0 aliphatic carbocycles. The van der Waals surface area contributed by atoms with Gasteiger partial charge < -0.3 is 5.11 Å². The van der Waals surface area contributed by atoms with E-state index >= 15 is 0 Å². The Kier molecular flexibility index (Phi) is 3.09. The van der Waals surface area contributed by atoms with E-state index in [0.29, 0.717) is 12.1 Å². The summed E-state index contributed by atoms with van der Waals surface area (Å²) in [6, 6.07) is 3.07. The summed E-state index contributed by atoms with van der Waals surface area (Å²) in [6.07, 6.45) is 4.98. The van der Waals surface area contributed by atoms with Crippen molar-refractivity contribution in [3.05, 3.63) is 18.0 Å². The average molecular weight is 263 g/mol. The lowest BCUT2D eigenvalue weighted by Crippen LogP contribution is -2.32. The minimum absolute atomic E-state index is 0.175. The molecule has 5 heteroatoms. The monoisotopic (exact) mass is 263 g/mol. The van der Waals surface area contributed by atoms with Crippen LogP contribution in [0.1, 0.15) is 44.8 Å². The van der Waals surface area contributed by atoms with Gasteiger partial charge >= 0.3 is 5.97 Å². The standard InChI is InChI=1S/C14H21N3O2/c1-9(2)17-6-5-10(15-17)8-16-11-3-4-13(16)12(7-11)14(18)19/h5-6,9,11-13H,3-4,7-8H2,1-2H3,(H,18,19). The third-order valence-electron chi connectivity index (χ3n) is 4.54. The number of carbonyl (C=O) groups is 1. The van der Waals surface area contributed by atoms with Crippen LogP contribution in [0.5, 0.6) is 0 Å². The second-order valence-corrected chi connectivity index (χ2v) is 6.03. The SMILES string of the molecule is CC(C)n1ccc(CN2C3CCC2C(C(=O)O)C3)n1. The van der Waals surface area contributed by atoms with Gasteiger partial charge in [-0.3, -0.25) is 14.4 Å². The smallest absolute Gasteiger partial charge is 0.308 e. The molecule has 0 radical (unpaired) electrons. The van der Waals surface area contributed by atoms with Crippen LogP contribution in [0, 0.1) is 5.92 Å². The van der Waals surface area contributed by atoms with Crippen molar-refractivity contribution in [2.75, 3.05) is 0 Å². The van der Waals surface area contributed by atoms with Crippen LogP contribution in [0.4, 0.5) is 0 Å². The van der Waals surface area contributed by atoms with Gasteiger partial charge in [0.15, 0.2) is 0 Å². The number of aromatic nitrogens is 2. The number of hydrogen-bond acceptors (Lipinski definition) is 3. The molecule has 3 unspecified atom stereocenters. The summed E-state index contributed by atoms with van der Waals surface area (Å²) in [6.45, 7) is 5.01. The molecule has 0 aromatic carbocycles. The molecule has 2 aliphatic rings. The Morgan fingerprint density at radius 2 is 2.32 bits per heavy atom. The lowest BCUT2D eigenvalue weighted by atomic mass is 9.89. The van der Waals surface area contributed by atoms with Gasteiger partial charge in [-0.25, -0.2) is 0 Å². The highest BCUT2D eigenvalue weighted by molar-refractivity contribution is 5.71. The van der Waals surface area contributed by atoms with E-state index in [2.05, 4.69) is 23.8 Å². The molecule has 1 N–H and O–H groups in total. The van der Waals surface area contributed by atoms with Crippen LogP contribution in [0.15, 0.2) is 12.3 Å². The van der Waals surface area contributed by atoms with Crippen molar-refractivity contribution in [2.24, 2.45) is 5.92 Å². The third-order valence-corrected chi connectivity index (χ3v) is 4.54. The Morgan fingerprint density at radius 3 is 2.89 bits per heavy atom. The molecule has 2 fully saturated rings. The zero-order valence-corrected chi connectivity index (χ0v) is 11.5. The molecular weight excluding hydrogens is 242 g/mol. The molecule has 2 bridgehead atoms. The van der Waals surface area contributed by atoms with E-state index in [1.807, 2.05) is 16.9 Å². The van der Waals surface area contributed by atoms with E-state index in [1.165, 1.54) is 0 Å². The highest BCUT2D eigenvalue weighted by Gasteiger charge is 2.49. The zero-order valence-electron chi connectivity index (χ0n) is 11.5. The van der Waals surface area contributed by atoms with Crippen LogP contribution < -0.4 is 0 Å². The fraction of sp³-hybridized carbons (Fsp3) is 0.714. The van der Waals surface area contributed by atoms with Crippen LogP contribution in [0.25, 0.3) is 0 Å². The van der Waals surface area contributed by atoms with Gasteiger partial charge in [0.2, 0.25) is 0 Å². The first-order valence-electron chi connectivity index (χ1n) is 7.09. The zero-order chi connectivity index (χ0) is 13.6. The average Bonchev–Trinajstić information content (AvgIpc) is 3.05. The summed E-state index contributed by atoms with van der Waals surface area (Å²) < 4.78 is 1.96. The first-order valence-corrected chi connectivity index (χ1v) is 7.09.